The van der Waals surface area contributed by atoms with Crippen molar-refractivity contribution in [3.05, 3.63) is 71.0 Å². The molecule has 2 aromatic heterocycles. The van der Waals surface area contributed by atoms with E-state index < -0.39 is 0 Å². The molecular formula is C18H17N3OS. The molecule has 2 heterocycles. The first kappa shape index (κ1) is 15.4. The summed E-state index contributed by atoms with van der Waals surface area (Å²) in [6.07, 6.45) is 3.78. The van der Waals surface area contributed by atoms with Crippen LogP contribution in [0.4, 0.5) is 0 Å². The van der Waals surface area contributed by atoms with Crippen LogP contribution in [-0.4, -0.2) is 15.9 Å². The molecule has 4 nitrogen and oxygen atoms in total. The first-order chi connectivity index (χ1) is 11.2. The minimum Gasteiger partial charge on any atom is -0.352 e. The van der Waals surface area contributed by atoms with Crippen LogP contribution in [0.3, 0.4) is 0 Å². The van der Waals surface area contributed by atoms with Crippen LogP contribution in [0.15, 0.2) is 54.2 Å². The Morgan fingerprint density at radius 3 is 2.61 bits per heavy atom. The Balaban J connectivity index is 1.56. The second-order valence-corrected chi connectivity index (χ2v) is 6.18. The van der Waals surface area contributed by atoms with E-state index in [-0.39, 0.29) is 5.91 Å². The average molecular weight is 323 g/mol. The van der Waals surface area contributed by atoms with Gasteiger partial charge >= 0.3 is 0 Å². The molecule has 0 bridgehead atoms. The fraction of sp³-hybridized carbons (Fsp3) is 0.167. The summed E-state index contributed by atoms with van der Waals surface area (Å²) < 4.78 is 0. The van der Waals surface area contributed by atoms with Crippen molar-refractivity contribution in [1.29, 1.82) is 0 Å². The van der Waals surface area contributed by atoms with Gasteiger partial charge in [0, 0.05) is 29.9 Å². The largest absolute Gasteiger partial charge is 0.352 e. The van der Waals surface area contributed by atoms with E-state index in [9.17, 15) is 4.79 Å². The number of carbonyl (C=O) groups excluding carboxylic acids is 1. The van der Waals surface area contributed by atoms with E-state index in [0.717, 1.165) is 21.8 Å². The highest BCUT2D eigenvalue weighted by atomic mass is 32.1. The van der Waals surface area contributed by atoms with Gasteiger partial charge in [-0.2, -0.15) is 0 Å². The number of amides is 1. The Morgan fingerprint density at radius 1 is 1.13 bits per heavy atom. The van der Waals surface area contributed by atoms with Crippen molar-refractivity contribution < 1.29 is 4.79 Å². The van der Waals surface area contributed by atoms with Crippen LogP contribution in [0, 0.1) is 6.92 Å². The number of rotatable bonds is 5. The molecule has 0 atom stereocenters. The molecule has 1 aromatic carbocycles. The first-order valence-electron chi connectivity index (χ1n) is 7.38. The lowest BCUT2D eigenvalue weighted by Gasteiger charge is -2.04. The maximum absolute atomic E-state index is 12.0. The molecule has 0 aliphatic heterocycles. The van der Waals surface area contributed by atoms with Crippen LogP contribution >= 0.6 is 11.3 Å². The maximum atomic E-state index is 12.0. The number of carbonyl (C=O) groups is 1. The molecule has 0 saturated carbocycles. The van der Waals surface area contributed by atoms with Crippen LogP contribution in [0.1, 0.15) is 16.8 Å². The molecule has 3 aromatic rings. The molecule has 0 aliphatic carbocycles. The second kappa shape index (κ2) is 7.15. The third kappa shape index (κ3) is 4.23. The van der Waals surface area contributed by atoms with Crippen molar-refractivity contribution in [3.8, 4) is 10.6 Å². The summed E-state index contributed by atoms with van der Waals surface area (Å²) in [6, 6.07) is 12.0. The van der Waals surface area contributed by atoms with Crippen molar-refractivity contribution in [2.24, 2.45) is 0 Å². The lowest BCUT2D eigenvalue weighted by atomic mass is 10.1. The number of aryl methyl sites for hydroxylation is 1. The summed E-state index contributed by atoms with van der Waals surface area (Å²) in [5.74, 6) is -0.0165. The zero-order chi connectivity index (χ0) is 16.1. The van der Waals surface area contributed by atoms with Crippen LogP contribution in [-0.2, 0) is 17.8 Å². The molecule has 1 amide bonds. The molecular weight excluding hydrogens is 306 g/mol. The van der Waals surface area contributed by atoms with Crippen molar-refractivity contribution in [1.82, 2.24) is 15.3 Å². The zero-order valence-electron chi connectivity index (χ0n) is 12.8. The van der Waals surface area contributed by atoms with Crippen LogP contribution < -0.4 is 5.32 Å². The highest BCUT2D eigenvalue weighted by Gasteiger charge is 2.09. The summed E-state index contributed by atoms with van der Waals surface area (Å²) in [6.45, 7) is 2.59. The van der Waals surface area contributed by atoms with Crippen molar-refractivity contribution >= 4 is 17.2 Å². The molecule has 0 aliphatic rings. The Kier molecular flexibility index (Phi) is 4.78. The molecule has 0 fully saturated rings. The van der Waals surface area contributed by atoms with Gasteiger partial charge in [-0.05, 0) is 24.6 Å². The highest BCUT2D eigenvalue weighted by molar-refractivity contribution is 7.13. The Labute approximate surface area is 139 Å². The zero-order valence-corrected chi connectivity index (χ0v) is 13.6. The smallest absolute Gasteiger partial charge is 0.226 e. The monoisotopic (exact) mass is 323 g/mol. The van der Waals surface area contributed by atoms with Gasteiger partial charge in [0.2, 0.25) is 5.91 Å². The van der Waals surface area contributed by atoms with Gasteiger partial charge in [0.25, 0.3) is 0 Å². The molecule has 116 valence electrons. The van der Waals surface area contributed by atoms with Gasteiger partial charge in [-0.1, -0.05) is 29.8 Å². The van der Waals surface area contributed by atoms with Gasteiger partial charge in [-0.25, -0.2) is 4.98 Å². The number of aromatic nitrogens is 2. The maximum Gasteiger partial charge on any atom is 0.226 e. The molecule has 0 saturated heterocycles. The minimum atomic E-state index is -0.0165. The number of thiazole rings is 1. The summed E-state index contributed by atoms with van der Waals surface area (Å²) in [5.41, 5.74) is 4.13. The van der Waals surface area contributed by atoms with E-state index in [0.29, 0.717) is 13.0 Å². The Hall–Kier alpha value is -2.53. The second-order valence-electron chi connectivity index (χ2n) is 5.32. The van der Waals surface area contributed by atoms with E-state index in [4.69, 9.17) is 0 Å². The fourth-order valence-electron chi connectivity index (χ4n) is 2.15. The highest BCUT2D eigenvalue weighted by Crippen LogP contribution is 2.22. The molecule has 3 rings (SSSR count). The first-order valence-corrected chi connectivity index (χ1v) is 8.26. The SMILES string of the molecule is Cc1ccc(CNC(=O)Cc2csc(-c3ccncc3)n2)cc1. The summed E-state index contributed by atoms with van der Waals surface area (Å²) >= 11 is 1.54. The number of benzene rings is 1. The van der Waals surface area contributed by atoms with Crippen molar-refractivity contribution in [2.75, 3.05) is 0 Å². The average Bonchev–Trinajstić information content (AvgIpc) is 3.04. The fourth-order valence-corrected chi connectivity index (χ4v) is 2.97. The number of hydrogen-bond acceptors (Lipinski definition) is 4. The van der Waals surface area contributed by atoms with Crippen molar-refractivity contribution in [2.45, 2.75) is 19.9 Å². The summed E-state index contributed by atoms with van der Waals surface area (Å²) in [7, 11) is 0. The van der Waals surface area contributed by atoms with E-state index in [1.54, 1.807) is 23.7 Å². The number of pyridine rings is 1. The van der Waals surface area contributed by atoms with Crippen LogP contribution in [0.2, 0.25) is 0 Å². The van der Waals surface area contributed by atoms with Crippen LogP contribution in [0.5, 0.6) is 0 Å². The Bertz CT molecular complexity index is 782. The van der Waals surface area contributed by atoms with Crippen LogP contribution in [0.25, 0.3) is 10.6 Å². The van der Waals surface area contributed by atoms with E-state index in [1.165, 1.54) is 5.56 Å². The van der Waals surface area contributed by atoms with Gasteiger partial charge in [0.1, 0.15) is 5.01 Å². The van der Waals surface area contributed by atoms with E-state index in [2.05, 4.69) is 15.3 Å². The summed E-state index contributed by atoms with van der Waals surface area (Å²) in [5, 5.41) is 5.77. The molecule has 0 spiro atoms. The number of nitrogens with zero attached hydrogens (tertiary/aromatic N) is 2. The predicted molar refractivity (Wildman–Crippen MR) is 92.1 cm³/mol. The van der Waals surface area contributed by atoms with Gasteiger partial charge < -0.3 is 5.32 Å². The molecule has 23 heavy (non-hydrogen) atoms. The van der Waals surface area contributed by atoms with E-state index in [1.807, 2.05) is 48.7 Å². The predicted octanol–water partition coefficient (Wildman–Crippen LogP) is 3.37. The topological polar surface area (TPSA) is 54.9 Å². The van der Waals surface area contributed by atoms with Gasteiger partial charge in [-0.15, -0.1) is 11.3 Å². The normalized spacial score (nSPS) is 10.5. The molecule has 1 N–H and O–H groups in total. The van der Waals surface area contributed by atoms with E-state index >= 15 is 0 Å². The quantitative estimate of drug-likeness (QED) is 0.783. The third-order valence-corrected chi connectivity index (χ3v) is 4.37. The minimum absolute atomic E-state index is 0.0165. The molecule has 5 heteroatoms. The Morgan fingerprint density at radius 2 is 1.87 bits per heavy atom. The third-order valence-electron chi connectivity index (χ3n) is 3.43. The standard InChI is InChI=1S/C18H17N3OS/c1-13-2-4-14(5-3-13)11-20-17(22)10-16-12-23-18(21-16)15-6-8-19-9-7-15/h2-9,12H,10-11H2,1H3,(H,20,22). The summed E-state index contributed by atoms with van der Waals surface area (Å²) in [4.78, 5) is 20.6. The number of nitrogens with one attached hydrogen (secondary N) is 1. The van der Waals surface area contributed by atoms with Gasteiger partial charge in [0.05, 0.1) is 12.1 Å². The van der Waals surface area contributed by atoms with Gasteiger partial charge in [0.15, 0.2) is 0 Å². The van der Waals surface area contributed by atoms with Gasteiger partial charge in [-0.3, -0.25) is 9.78 Å². The lowest BCUT2D eigenvalue weighted by Crippen LogP contribution is -2.24. The number of hydrogen-bond donors (Lipinski definition) is 1. The lowest BCUT2D eigenvalue weighted by molar-refractivity contribution is -0.120. The molecule has 0 unspecified atom stereocenters. The molecule has 0 radical (unpaired) electrons. The van der Waals surface area contributed by atoms with Crippen molar-refractivity contribution in [3.63, 3.8) is 0 Å².